The minimum Gasteiger partial charge on any atom is -0.342 e. The van der Waals surface area contributed by atoms with Crippen molar-refractivity contribution in [2.24, 2.45) is 5.92 Å². The molecule has 0 spiro atoms. The van der Waals surface area contributed by atoms with E-state index in [0.717, 1.165) is 15.7 Å². The fourth-order valence-electron chi connectivity index (χ4n) is 2.87. The molecule has 24 heavy (non-hydrogen) atoms. The molecule has 1 heterocycles. The van der Waals surface area contributed by atoms with Gasteiger partial charge < -0.3 is 10.2 Å². The Kier molecular flexibility index (Phi) is 5.50. The van der Waals surface area contributed by atoms with Gasteiger partial charge >= 0.3 is 0 Å². The van der Waals surface area contributed by atoms with Gasteiger partial charge in [0.2, 0.25) is 11.8 Å². The number of benzene rings is 2. The van der Waals surface area contributed by atoms with Crippen LogP contribution in [-0.2, 0) is 16.0 Å². The number of nitrogens with one attached hydrogen (secondary N) is 1. The van der Waals surface area contributed by atoms with Gasteiger partial charge in [-0.05, 0) is 46.7 Å². The van der Waals surface area contributed by atoms with Crippen LogP contribution >= 0.6 is 22.6 Å². The van der Waals surface area contributed by atoms with Gasteiger partial charge in [-0.2, -0.15) is 0 Å². The van der Waals surface area contributed by atoms with Crippen molar-refractivity contribution in [2.75, 3.05) is 18.4 Å². The lowest BCUT2D eigenvalue weighted by Gasteiger charge is -2.16. The summed E-state index contributed by atoms with van der Waals surface area (Å²) < 4.78 is 0.994. The second-order valence-electron chi connectivity index (χ2n) is 5.95. The van der Waals surface area contributed by atoms with Crippen molar-refractivity contribution < 1.29 is 9.59 Å². The van der Waals surface area contributed by atoms with Crippen molar-refractivity contribution in [3.63, 3.8) is 0 Å². The molecule has 4 nitrogen and oxygen atoms in total. The second kappa shape index (κ2) is 7.79. The monoisotopic (exact) mass is 434 g/mol. The van der Waals surface area contributed by atoms with Crippen LogP contribution in [0.1, 0.15) is 12.0 Å². The van der Waals surface area contributed by atoms with Crippen molar-refractivity contribution in [3.05, 3.63) is 63.7 Å². The van der Waals surface area contributed by atoms with Crippen molar-refractivity contribution >= 4 is 40.1 Å². The van der Waals surface area contributed by atoms with E-state index in [9.17, 15) is 9.59 Å². The SMILES string of the molecule is O=C(Nc1ccccc1I)[C@@H]1CC(=O)N(CCc2ccccc2)C1. The van der Waals surface area contributed by atoms with Gasteiger partial charge in [0.1, 0.15) is 0 Å². The average molecular weight is 434 g/mol. The fourth-order valence-corrected chi connectivity index (χ4v) is 3.39. The maximum absolute atomic E-state index is 12.4. The van der Waals surface area contributed by atoms with Crippen LogP contribution in [0.25, 0.3) is 0 Å². The Bertz CT molecular complexity index is 733. The van der Waals surface area contributed by atoms with E-state index in [1.54, 1.807) is 4.90 Å². The van der Waals surface area contributed by atoms with Crippen molar-refractivity contribution in [1.82, 2.24) is 4.90 Å². The maximum atomic E-state index is 12.4. The number of para-hydroxylation sites is 1. The quantitative estimate of drug-likeness (QED) is 0.735. The van der Waals surface area contributed by atoms with Crippen LogP contribution in [0, 0.1) is 9.49 Å². The van der Waals surface area contributed by atoms with E-state index in [1.807, 2.05) is 42.5 Å². The molecule has 2 aromatic rings. The Labute approximate surface area is 155 Å². The molecular weight excluding hydrogens is 415 g/mol. The molecule has 0 bridgehead atoms. The van der Waals surface area contributed by atoms with E-state index < -0.39 is 0 Å². The Morgan fingerprint density at radius 2 is 1.83 bits per heavy atom. The number of carbonyl (C=O) groups is 2. The van der Waals surface area contributed by atoms with Gasteiger partial charge in [-0.15, -0.1) is 0 Å². The number of carbonyl (C=O) groups excluding carboxylic acids is 2. The van der Waals surface area contributed by atoms with Crippen molar-refractivity contribution in [2.45, 2.75) is 12.8 Å². The van der Waals surface area contributed by atoms with Crippen LogP contribution in [0.5, 0.6) is 0 Å². The lowest BCUT2D eigenvalue weighted by molar-refractivity contribution is -0.128. The Morgan fingerprint density at radius 3 is 2.58 bits per heavy atom. The molecule has 1 aliphatic heterocycles. The molecule has 1 saturated heterocycles. The van der Waals surface area contributed by atoms with Gasteiger partial charge in [0.15, 0.2) is 0 Å². The van der Waals surface area contributed by atoms with E-state index in [2.05, 4.69) is 40.0 Å². The molecule has 2 amide bonds. The van der Waals surface area contributed by atoms with Gasteiger partial charge in [0, 0.05) is 23.1 Å². The van der Waals surface area contributed by atoms with E-state index in [0.29, 0.717) is 19.5 Å². The summed E-state index contributed by atoms with van der Waals surface area (Å²) in [6, 6.07) is 17.7. The Balaban J connectivity index is 1.56. The highest BCUT2D eigenvalue weighted by atomic mass is 127. The molecule has 0 radical (unpaired) electrons. The van der Waals surface area contributed by atoms with Crippen LogP contribution in [0.2, 0.25) is 0 Å². The van der Waals surface area contributed by atoms with Gasteiger partial charge in [-0.1, -0.05) is 42.5 Å². The maximum Gasteiger partial charge on any atom is 0.229 e. The first-order chi connectivity index (χ1) is 11.6. The molecule has 0 aliphatic carbocycles. The zero-order valence-corrected chi connectivity index (χ0v) is 15.4. The summed E-state index contributed by atoms with van der Waals surface area (Å²) in [4.78, 5) is 26.4. The van der Waals surface area contributed by atoms with Crippen LogP contribution in [0.15, 0.2) is 54.6 Å². The summed E-state index contributed by atoms with van der Waals surface area (Å²) in [7, 11) is 0. The van der Waals surface area contributed by atoms with Crippen molar-refractivity contribution in [3.8, 4) is 0 Å². The standard InChI is InChI=1S/C19H19IN2O2/c20-16-8-4-5-9-17(16)21-19(24)15-12-18(23)22(13-15)11-10-14-6-2-1-3-7-14/h1-9,15H,10-13H2,(H,21,24)/t15-/m1/s1. The van der Waals surface area contributed by atoms with Crippen LogP contribution < -0.4 is 5.32 Å². The van der Waals surface area contributed by atoms with Gasteiger partial charge in [0.05, 0.1) is 11.6 Å². The molecule has 124 valence electrons. The Morgan fingerprint density at radius 1 is 1.12 bits per heavy atom. The summed E-state index contributed by atoms with van der Waals surface area (Å²) in [5.74, 6) is -0.284. The minimum atomic E-state index is -0.274. The van der Waals surface area contributed by atoms with E-state index in [4.69, 9.17) is 0 Å². The largest absolute Gasteiger partial charge is 0.342 e. The molecular formula is C19H19IN2O2. The van der Waals surface area contributed by atoms with Crippen LogP contribution in [0.4, 0.5) is 5.69 Å². The van der Waals surface area contributed by atoms with Crippen LogP contribution in [-0.4, -0.2) is 29.8 Å². The molecule has 5 heteroatoms. The molecule has 1 fully saturated rings. The first-order valence-electron chi connectivity index (χ1n) is 8.00. The predicted octanol–water partition coefficient (Wildman–Crippen LogP) is 3.32. The molecule has 1 atom stereocenters. The summed E-state index contributed by atoms with van der Waals surface area (Å²) in [6.07, 6.45) is 1.11. The number of amides is 2. The number of rotatable bonds is 5. The van der Waals surface area contributed by atoms with E-state index in [-0.39, 0.29) is 17.7 Å². The number of anilines is 1. The smallest absolute Gasteiger partial charge is 0.229 e. The number of likely N-dealkylation sites (tertiary alicyclic amines) is 1. The lowest BCUT2D eigenvalue weighted by Crippen LogP contribution is -2.30. The first-order valence-corrected chi connectivity index (χ1v) is 9.08. The second-order valence-corrected chi connectivity index (χ2v) is 7.11. The minimum absolute atomic E-state index is 0.0637. The molecule has 1 N–H and O–H groups in total. The summed E-state index contributed by atoms with van der Waals surface area (Å²) in [6.45, 7) is 1.16. The van der Waals surface area contributed by atoms with Crippen molar-refractivity contribution in [1.29, 1.82) is 0 Å². The van der Waals surface area contributed by atoms with Gasteiger partial charge in [-0.3, -0.25) is 9.59 Å². The third kappa shape index (κ3) is 4.14. The highest BCUT2D eigenvalue weighted by molar-refractivity contribution is 14.1. The molecule has 0 unspecified atom stereocenters. The molecule has 0 saturated carbocycles. The highest BCUT2D eigenvalue weighted by Crippen LogP contribution is 2.22. The molecule has 2 aromatic carbocycles. The zero-order chi connectivity index (χ0) is 16.9. The van der Waals surface area contributed by atoms with Gasteiger partial charge in [-0.25, -0.2) is 0 Å². The third-order valence-corrected chi connectivity index (χ3v) is 5.17. The molecule has 3 rings (SSSR count). The fraction of sp³-hybridized carbons (Fsp3) is 0.263. The van der Waals surface area contributed by atoms with Gasteiger partial charge in [0.25, 0.3) is 0 Å². The normalized spacial score (nSPS) is 17.1. The topological polar surface area (TPSA) is 49.4 Å². The third-order valence-electron chi connectivity index (χ3n) is 4.23. The average Bonchev–Trinajstić information content (AvgIpc) is 2.97. The number of halogens is 1. The zero-order valence-electron chi connectivity index (χ0n) is 13.2. The summed E-state index contributed by atoms with van der Waals surface area (Å²) in [5.41, 5.74) is 2.01. The number of hydrogen-bond donors (Lipinski definition) is 1. The summed E-state index contributed by atoms with van der Waals surface area (Å²) >= 11 is 2.19. The predicted molar refractivity (Wildman–Crippen MR) is 103 cm³/mol. The molecule has 1 aliphatic rings. The van der Waals surface area contributed by atoms with E-state index in [1.165, 1.54) is 5.56 Å². The summed E-state index contributed by atoms with van der Waals surface area (Å²) in [5, 5.41) is 2.94. The number of hydrogen-bond acceptors (Lipinski definition) is 2. The first kappa shape index (κ1) is 17.0. The lowest BCUT2D eigenvalue weighted by atomic mass is 10.1. The highest BCUT2D eigenvalue weighted by Gasteiger charge is 2.34. The van der Waals surface area contributed by atoms with E-state index >= 15 is 0 Å². The molecule has 0 aromatic heterocycles. The number of nitrogens with zero attached hydrogens (tertiary/aromatic N) is 1. The van der Waals surface area contributed by atoms with Crippen LogP contribution in [0.3, 0.4) is 0 Å². The Hall–Kier alpha value is -1.89.